The van der Waals surface area contributed by atoms with Crippen molar-refractivity contribution in [1.82, 2.24) is 0 Å². The monoisotopic (exact) mass is 529 g/mol. The molecule has 38 heavy (non-hydrogen) atoms. The van der Waals surface area contributed by atoms with Gasteiger partial charge >= 0.3 is 0 Å². The Bertz CT molecular complexity index is 1310. The molecule has 3 aliphatic rings. The van der Waals surface area contributed by atoms with Crippen molar-refractivity contribution >= 4 is 11.6 Å². The van der Waals surface area contributed by atoms with Crippen molar-refractivity contribution in [2.75, 3.05) is 7.11 Å². The fourth-order valence-corrected chi connectivity index (χ4v) is 5.74. The van der Waals surface area contributed by atoms with Crippen LogP contribution in [0.5, 0.6) is 17.2 Å². The zero-order valence-corrected chi connectivity index (χ0v) is 21.2. The summed E-state index contributed by atoms with van der Waals surface area (Å²) in [5.41, 5.74) is 3.37. The first-order valence-electron chi connectivity index (χ1n) is 12.4. The van der Waals surface area contributed by atoms with E-state index < -0.39 is 76.5 Å². The molecule has 204 valence electrons. The molecule has 0 spiro atoms. The molecule has 1 fully saturated rings. The molecule has 1 heterocycles. The summed E-state index contributed by atoms with van der Waals surface area (Å²) in [6, 6.07) is 3.80. The predicted octanol–water partition coefficient (Wildman–Crippen LogP) is 0.821. The first-order chi connectivity index (χ1) is 17.9. The van der Waals surface area contributed by atoms with Gasteiger partial charge in [0.1, 0.15) is 17.2 Å². The van der Waals surface area contributed by atoms with Crippen LogP contribution in [0.15, 0.2) is 18.2 Å². The van der Waals surface area contributed by atoms with Crippen LogP contribution in [-0.2, 0) is 15.9 Å². The predicted molar refractivity (Wildman–Crippen MR) is 131 cm³/mol. The molecule has 2 aromatic carbocycles. The molecular formula is C27H31NO10. The molecule has 1 unspecified atom stereocenters. The number of aliphatic hydroxyl groups is 3. The van der Waals surface area contributed by atoms with Crippen LogP contribution in [0.3, 0.4) is 0 Å². The van der Waals surface area contributed by atoms with E-state index in [0.717, 1.165) is 0 Å². The molecule has 0 saturated carbocycles. The molecule has 2 aromatic rings. The summed E-state index contributed by atoms with van der Waals surface area (Å²) in [4.78, 5) is 27.1. The fraction of sp³-hybridized carbons (Fsp3) is 0.481. The van der Waals surface area contributed by atoms with Crippen molar-refractivity contribution in [3.05, 3.63) is 51.6 Å². The smallest absolute Gasteiger partial charge is 0.202 e. The third-order valence-corrected chi connectivity index (χ3v) is 7.95. The van der Waals surface area contributed by atoms with E-state index in [4.69, 9.17) is 19.9 Å². The Morgan fingerprint density at radius 3 is 2.45 bits per heavy atom. The van der Waals surface area contributed by atoms with Crippen LogP contribution >= 0.6 is 0 Å². The van der Waals surface area contributed by atoms with Crippen molar-refractivity contribution in [2.24, 2.45) is 5.73 Å². The summed E-state index contributed by atoms with van der Waals surface area (Å²) in [5.74, 6) is -2.44. The first kappa shape index (κ1) is 26.5. The lowest BCUT2D eigenvalue weighted by Crippen LogP contribution is -2.53. The highest BCUT2D eigenvalue weighted by Gasteiger charge is 2.49. The Hall–Kier alpha value is -3.06. The molecule has 1 saturated heterocycles. The summed E-state index contributed by atoms with van der Waals surface area (Å²) in [6.45, 7) is 3.00. The van der Waals surface area contributed by atoms with Gasteiger partial charge in [-0.15, -0.1) is 0 Å². The van der Waals surface area contributed by atoms with E-state index in [2.05, 4.69) is 0 Å². The van der Waals surface area contributed by atoms with Gasteiger partial charge in [-0.3, -0.25) is 9.59 Å². The standard InChI is InChI=1S/C27H31NO10/c1-10-22(30)14(28)7-17(37-10)38-16-9-27(35,11(2)29)8-13-19(16)26(34)21-20(24(13)32)23(31)12-5-4-6-15(36-3)18(12)25(21)33/h4-6,10-11,14,16-17,22,29-30,32,34-35H,7-9,28H2,1-3H3/t10-,11+,14-,16-,17?,22+,27-/m0/s1. The van der Waals surface area contributed by atoms with Gasteiger partial charge in [0, 0.05) is 42.0 Å². The Balaban J connectivity index is 1.68. The Morgan fingerprint density at radius 2 is 1.82 bits per heavy atom. The van der Waals surface area contributed by atoms with Crippen molar-refractivity contribution in [3.63, 3.8) is 0 Å². The second-order valence-corrected chi connectivity index (χ2v) is 10.3. The molecule has 2 aliphatic carbocycles. The lowest BCUT2D eigenvalue weighted by atomic mass is 9.71. The normalized spacial score (nSPS) is 31.3. The van der Waals surface area contributed by atoms with Gasteiger partial charge in [-0.25, -0.2) is 0 Å². The van der Waals surface area contributed by atoms with Gasteiger partial charge in [0.15, 0.2) is 12.1 Å². The van der Waals surface area contributed by atoms with Crippen LogP contribution < -0.4 is 10.5 Å². The number of hydrogen-bond donors (Lipinski definition) is 6. The molecule has 11 heteroatoms. The second kappa shape index (κ2) is 9.30. The molecule has 0 bridgehead atoms. The minimum Gasteiger partial charge on any atom is -0.507 e. The number of aliphatic hydroxyl groups excluding tert-OH is 2. The highest BCUT2D eigenvalue weighted by atomic mass is 16.7. The number of fused-ring (bicyclic) bond motifs is 3. The zero-order valence-electron chi connectivity index (χ0n) is 21.2. The van der Waals surface area contributed by atoms with Crippen LogP contribution in [0.1, 0.15) is 75.8 Å². The van der Waals surface area contributed by atoms with E-state index in [0.29, 0.717) is 0 Å². The maximum Gasteiger partial charge on any atom is 0.202 e. The number of carbonyl (C=O) groups is 2. The van der Waals surface area contributed by atoms with E-state index in [-0.39, 0.29) is 47.3 Å². The lowest BCUT2D eigenvalue weighted by Gasteiger charge is -2.43. The van der Waals surface area contributed by atoms with E-state index in [1.807, 2.05) is 0 Å². The molecule has 7 N–H and O–H groups in total. The highest BCUT2D eigenvalue weighted by molar-refractivity contribution is 6.31. The molecule has 5 rings (SSSR count). The van der Waals surface area contributed by atoms with Crippen molar-refractivity contribution in [1.29, 1.82) is 0 Å². The van der Waals surface area contributed by atoms with Gasteiger partial charge < -0.3 is 45.5 Å². The van der Waals surface area contributed by atoms with Crippen LogP contribution in [-0.4, -0.2) is 80.5 Å². The number of hydrogen-bond acceptors (Lipinski definition) is 11. The molecule has 1 aliphatic heterocycles. The summed E-state index contributed by atoms with van der Waals surface area (Å²) >= 11 is 0. The van der Waals surface area contributed by atoms with Crippen molar-refractivity contribution < 1.29 is 49.3 Å². The number of phenols is 2. The number of nitrogens with two attached hydrogens (primary N) is 1. The van der Waals surface area contributed by atoms with E-state index in [1.54, 1.807) is 6.92 Å². The van der Waals surface area contributed by atoms with Crippen molar-refractivity contribution in [3.8, 4) is 17.2 Å². The van der Waals surface area contributed by atoms with Crippen LogP contribution in [0.4, 0.5) is 0 Å². The van der Waals surface area contributed by atoms with E-state index in [9.17, 15) is 35.1 Å². The molecule has 0 amide bonds. The second-order valence-electron chi connectivity index (χ2n) is 10.3. The number of benzene rings is 2. The average Bonchev–Trinajstić information content (AvgIpc) is 2.87. The molecule has 0 radical (unpaired) electrons. The summed E-state index contributed by atoms with van der Waals surface area (Å²) < 4.78 is 17.1. The fourth-order valence-electron chi connectivity index (χ4n) is 5.74. The van der Waals surface area contributed by atoms with Gasteiger partial charge in [0.25, 0.3) is 0 Å². The topological polar surface area (TPSA) is 189 Å². The van der Waals surface area contributed by atoms with Gasteiger partial charge in [0.2, 0.25) is 5.78 Å². The maximum absolute atomic E-state index is 13.6. The third kappa shape index (κ3) is 3.89. The average molecular weight is 530 g/mol. The number of ether oxygens (including phenoxy) is 3. The van der Waals surface area contributed by atoms with E-state index >= 15 is 0 Å². The third-order valence-electron chi connectivity index (χ3n) is 7.95. The Kier molecular flexibility index (Phi) is 6.49. The number of methoxy groups -OCH3 is 1. The van der Waals surface area contributed by atoms with Crippen molar-refractivity contribution in [2.45, 2.75) is 75.5 Å². The number of rotatable bonds is 4. The summed E-state index contributed by atoms with van der Waals surface area (Å²) in [5, 5.41) is 54.7. The quantitative estimate of drug-likeness (QED) is 0.263. The Morgan fingerprint density at radius 1 is 1.13 bits per heavy atom. The minimum atomic E-state index is -1.80. The summed E-state index contributed by atoms with van der Waals surface area (Å²) in [7, 11) is 1.35. The maximum atomic E-state index is 13.6. The molecule has 11 nitrogen and oxygen atoms in total. The Labute approximate surface area is 218 Å². The van der Waals surface area contributed by atoms with Crippen LogP contribution in [0, 0.1) is 0 Å². The first-order valence-corrected chi connectivity index (χ1v) is 12.4. The SMILES string of the molecule is COc1cccc2c1C(=O)c1c(O)c3c(c(O)c1C2=O)C[C@@](O)([C@@H](C)O)C[C@@H]3OC1C[C@H](N)[C@H](O)[C@H](C)O1. The lowest BCUT2D eigenvalue weighted by molar-refractivity contribution is -0.250. The number of aromatic hydroxyl groups is 2. The van der Waals surface area contributed by atoms with Crippen LogP contribution in [0.25, 0.3) is 0 Å². The molecular weight excluding hydrogens is 498 g/mol. The van der Waals surface area contributed by atoms with E-state index in [1.165, 1.54) is 32.2 Å². The molecule has 0 aromatic heterocycles. The zero-order chi connectivity index (χ0) is 27.7. The minimum absolute atomic E-state index is 0.00187. The number of ketones is 2. The van der Waals surface area contributed by atoms with Gasteiger partial charge in [-0.2, -0.15) is 0 Å². The number of phenolic OH excluding ortho intramolecular Hbond substituents is 2. The highest BCUT2D eigenvalue weighted by Crippen LogP contribution is 2.52. The van der Waals surface area contributed by atoms with Gasteiger partial charge in [-0.05, 0) is 19.9 Å². The largest absolute Gasteiger partial charge is 0.507 e. The number of carbonyl (C=O) groups excluding carboxylic acids is 2. The molecule has 7 atom stereocenters. The van der Waals surface area contributed by atoms with Gasteiger partial charge in [-0.1, -0.05) is 12.1 Å². The van der Waals surface area contributed by atoms with Gasteiger partial charge in [0.05, 0.1) is 53.8 Å². The summed E-state index contributed by atoms with van der Waals surface area (Å²) in [6.07, 6.45) is -5.47. The van der Waals surface area contributed by atoms with Crippen LogP contribution in [0.2, 0.25) is 0 Å².